The molecule has 2 aromatic carbocycles. The molecule has 25 heavy (non-hydrogen) atoms. The average molecular weight is 357 g/mol. The van der Waals surface area contributed by atoms with Gasteiger partial charge in [-0.3, -0.25) is 9.59 Å². The Labute approximate surface area is 152 Å². The first kappa shape index (κ1) is 17.5. The van der Waals surface area contributed by atoms with Gasteiger partial charge < -0.3 is 10.6 Å². The minimum atomic E-state index is -0.540. The van der Waals surface area contributed by atoms with E-state index in [0.29, 0.717) is 10.6 Å². The molecule has 5 heteroatoms. The number of nitrogens with two attached hydrogens (primary N) is 1. The van der Waals surface area contributed by atoms with Gasteiger partial charge in [-0.1, -0.05) is 36.6 Å². The molecule has 0 bridgehead atoms. The van der Waals surface area contributed by atoms with Crippen LogP contribution in [0.3, 0.4) is 0 Å². The molecule has 2 aromatic rings. The Hall–Kier alpha value is -2.33. The van der Waals surface area contributed by atoms with E-state index in [4.69, 9.17) is 17.3 Å². The lowest BCUT2D eigenvalue weighted by molar-refractivity contribution is -0.123. The quantitative estimate of drug-likeness (QED) is 0.902. The van der Waals surface area contributed by atoms with E-state index >= 15 is 0 Å². The average Bonchev–Trinajstić information content (AvgIpc) is 3.11. The van der Waals surface area contributed by atoms with E-state index < -0.39 is 11.3 Å². The smallest absolute Gasteiger partial charge is 0.248 e. The fraction of sp³-hybridized carbons (Fsp3) is 0.300. The van der Waals surface area contributed by atoms with Crippen LogP contribution in [0.2, 0.25) is 5.02 Å². The lowest BCUT2D eigenvalue weighted by Crippen LogP contribution is -2.43. The highest BCUT2D eigenvalue weighted by atomic mass is 35.5. The van der Waals surface area contributed by atoms with Gasteiger partial charge in [0.25, 0.3) is 0 Å². The first-order chi connectivity index (χ1) is 11.9. The van der Waals surface area contributed by atoms with Gasteiger partial charge in [-0.2, -0.15) is 0 Å². The number of likely N-dealkylation sites (N-methyl/N-ethyl adjacent to an activating group) is 1. The summed E-state index contributed by atoms with van der Waals surface area (Å²) in [5.41, 5.74) is 6.88. The lowest BCUT2D eigenvalue weighted by atomic mass is 9.77. The number of carbonyl (C=O) groups excluding carboxylic acids is 2. The second-order valence-electron chi connectivity index (χ2n) is 6.57. The first-order valence-corrected chi connectivity index (χ1v) is 8.76. The van der Waals surface area contributed by atoms with Crippen LogP contribution in [-0.4, -0.2) is 18.9 Å². The summed E-state index contributed by atoms with van der Waals surface area (Å²) in [6, 6.07) is 14.4. The third kappa shape index (κ3) is 3.27. The van der Waals surface area contributed by atoms with E-state index in [1.165, 1.54) is 0 Å². The maximum absolute atomic E-state index is 13.4. The summed E-state index contributed by atoms with van der Waals surface area (Å²) < 4.78 is 0. The summed E-state index contributed by atoms with van der Waals surface area (Å²) in [6.07, 6.45) is 3.67. The molecule has 0 radical (unpaired) electrons. The molecule has 0 spiro atoms. The number of halogens is 1. The molecule has 1 saturated carbocycles. The van der Waals surface area contributed by atoms with Crippen LogP contribution in [0, 0.1) is 0 Å². The highest BCUT2D eigenvalue weighted by molar-refractivity contribution is 6.30. The number of anilines is 1. The minimum absolute atomic E-state index is 0.0547. The molecule has 0 aliphatic heterocycles. The Morgan fingerprint density at radius 1 is 1.08 bits per heavy atom. The van der Waals surface area contributed by atoms with E-state index in [2.05, 4.69) is 0 Å². The third-order valence-corrected chi connectivity index (χ3v) is 5.32. The number of carbonyl (C=O) groups is 2. The van der Waals surface area contributed by atoms with Crippen molar-refractivity contribution < 1.29 is 9.59 Å². The second kappa shape index (κ2) is 6.89. The van der Waals surface area contributed by atoms with Crippen molar-refractivity contribution in [3.8, 4) is 0 Å². The normalized spacial score (nSPS) is 15.8. The van der Waals surface area contributed by atoms with Crippen LogP contribution >= 0.6 is 11.6 Å². The molecule has 0 aromatic heterocycles. The van der Waals surface area contributed by atoms with Crippen LogP contribution in [0.5, 0.6) is 0 Å². The first-order valence-electron chi connectivity index (χ1n) is 8.38. The van der Waals surface area contributed by atoms with Gasteiger partial charge in [0.15, 0.2) is 0 Å². The largest absolute Gasteiger partial charge is 0.366 e. The van der Waals surface area contributed by atoms with E-state index in [0.717, 1.165) is 36.9 Å². The molecule has 1 aliphatic carbocycles. The van der Waals surface area contributed by atoms with E-state index in [1.807, 2.05) is 24.3 Å². The van der Waals surface area contributed by atoms with Crippen molar-refractivity contribution in [1.82, 2.24) is 0 Å². The zero-order valence-corrected chi connectivity index (χ0v) is 14.9. The highest BCUT2D eigenvalue weighted by Crippen LogP contribution is 2.43. The molecule has 4 nitrogen and oxygen atoms in total. The number of hydrogen-bond donors (Lipinski definition) is 1. The Kier molecular flexibility index (Phi) is 4.82. The molecule has 3 rings (SSSR count). The fourth-order valence-electron chi connectivity index (χ4n) is 3.68. The monoisotopic (exact) mass is 356 g/mol. The number of rotatable bonds is 4. The van der Waals surface area contributed by atoms with Gasteiger partial charge in [-0.25, -0.2) is 0 Å². The molecular weight excluding hydrogens is 336 g/mol. The van der Waals surface area contributed by atoms with Gasteiger partial charge in [0.05, 0.1) is 5.41 Å². The number of primary amides is 1. The highest BCUT2D eigenvalue weighted by Gasteiger charge is 2.44. The molecule has 1 aliphatic rings. The molecule has 2 amide bonds. The summed E-state index contributed by atoms with van der Waals surface area (Å²) in [4.78, 5) is 26.3. The summed E-state index contributed by atoms with van der Waals surface area (Å²) in [5, 5.41) is 0.644. The van der Waals surface area contributed by atoms with Crippen LogP contribution in [0.15, 0.2) is 48.5 Å². The standard InChI is InChI=1S/C20H21ClN2O2/c1-23(17-9-7-14(8-10-17)18(22)24)19(25)20(11-2-3-12-20)15-5-4-6-16(21)13-15/h4-10,13H,2-3,11-12H2,1H3,(H2,22,24). The zero-order chi connectivity index (χ0) is 18.0. The number of amides is 2. The predicted octanol–water partition coefficient (Wildman–Crippen LogP) is 3.91. The van der Waals surface area contributed by atoms with Crippen LogP contribution in [-0.2, 0) is 10.2 Å². The van der Waals surface area contributed by atoms with Crippen LogP contribution < -0.4 is 10.6 Å². The van der Waals surface area contributed by atoms with Crippen LogP contribution in [0.1, 0.15) is 41.6 Å². The Bertz CT molecular complexity index is 796. The Morgan fingerprint density at radius 3 is 2.28 bits per heavy atom. The van der Waals surface area contributed by atoms with Gasteiger partial charge in [-0.05, 0) is 54.8 Å². The maximum Gasteiger partial charge on any atom is 0.248 e. The minimum Gasteiger partial charge on any atom is -0.366 e. The fourth-order valence-corrected chi connectivity index (χ4v) is 3.87. The van der Waals surface area contributed by atoms with Crippen LogP contribution in [0.25, 0.3) is 0 Å². The summed E-state index contributed by atoms with van der Waals surface area (Å²) >= 11 is 6.16. The van der Waals surface area contributed by atoms with Crippen molar-refractivity contribution >= 4 is 29.1 Å². The van der Waals surface area contributed by atoms with Crippen molar-refractivity contribution in [3.05, 3.63) is 64.7 Å². The topological polar surface area (TPSA) is 63.4 Å². The van der Waals surface area contributed by atoms with Crippen molar-refractivity contribution in [2.24, 2.45) is 5.73 Å². The summed E-state index contributed by atoms with van der Waals surface area (Å²) in [6.45, 7) is 0. The Balaban J connectivity index is 1.94. The molecule has 0 saturated heterocycles. The Morgan fingerprint density at radius 2 is 1.72 bits per heavy atom. The summed E-state index contributed by atoms with van der Waals surface area (Å²) in [7, 11) is 1.77. The third-order valence-electron chi connectivity index (χ3n) is 5.09. The van der Waals surface area contributed by atoms with Crippen molar-refractivity contribution in [1.29, 1.82) is 0 Å². The van der Waals surface area contributed by atoms with Gasteiger partial charge >= 0.3 is 0 Å². The van der Waals surface area contributed by atoms with Gasteiger partial charge in [-0.15, -0.1) is 0 Å². The van der Waals surface area contributed by atoms with Crippen molar-refractivity contribution in [3.63, 3.8) is 0 Å². The molecule has 0 heterocycles. The van der Waals surface area contributed by atoms with Gasteiger partial charge in [0, 0.05) is 23.3 Å². The molecule has 0 unspecified atom stereocenters. The SMILES string of the molecule is CN(C(=O)C1(c2cccc(Cl)c2)CCCC1)c1ccc(C(N)=O)cc1. The lowest BCUT2D eigenvalue weighted by Gasteiger charge is -2.33. The molecular formula is C20H21ClN2O2. The van der Waals surface area contributed by atoms with Crippen molar-refractivity contribution in [2.45, 2.75) is 31.1 Å². The van der Waals surface area contributed by atoms with Crippen molar-refractivity contribution in [2.75, 3.05) is 11.9 Å². The van der Waals surface area contributed by atoms with E-state index in [-0.39, 0.29) is 5.91 Å². The number of nitrogens with zero attached hydrogens (tertiary/aromatic N) is 1. The van der Waals surface area contributed by atoms with Gasteiger partial charge in [0.2, 0.25) is 11.8 Å². The van der Waals surface area contributed by atoms with E-state index in [9.17, 15) is 9.59 Å². The molecule has 0 atom stereocenters. The molecule has 1 fully saturated rings. The zero-order valence-electron chi connectivity index (χ0n) is 14.2. The predicted molar refractivity (Wildman–Crippen MR) is 100.0 cm³/mol. The van der Waals surface area contributed by atoms with Crippen LogP contribution in [0.4, 0.5) is 5.69 Å². The maximum atomic E-state index is 13.4. The summed E-state index contributed by atoms with van der Waals surface area (Å²) in [5.74, 6) is -0.425. The molecule has 130 valence electrons. The van der Waals surface area contributed by atoms with E-state index in [1.54, 1.807) is 36.2 Å². The second-order valence-corrected chi connectivity index (χ2v) is 7.01. The van der Waals surface area contributed by atoms with Gasteiger partial charge in [0.1, 0.15) is 0 Å². The number of benzene rings is 2. The molecule has 2 N–H and O–H groups in total. The number of hydrogen-bond acceptors (Lipinski definition) is 2.